The van der Waals surface area contributed by atoms with Crippen molar-refractivity contribution in [3.8, 4) is 10.4 Å². The molecule has 0 amide bonds. The Labute approximate surface area is 245 Å². The van der Waals surface area contributed by atoms with E-state index in [9.17, 15) is 4.79 Å². The van der Waals surface area contributed by atoms with Gasteiger partial charge in [-0.25, -0.2) is 14.8 Å². The third-order valence-electron chi connectivity index (χ3n) is 7.52. The fourth-order valence-electron chi connectivity index (χ4n) is 5.64. The minimum absolute atomic E-state index is 0.0341. The second-order valence-corrected chi connectivity index (χ2v) is 11.9. The van der Waals surface area contributed by atoms with E-state index in [1.807, 2.05) is 65.7 Å². The number of anilines is 1. The summed E-state index contributed by atoms with van der Waals surface area (Å²) in [6, 6.07) is 25.2. The van der Waals surface area contributed by atoms with Gasteiger partial charge >= 0.3 is 5.63 Å². The van der Waals surface area contributed by atoms with Gasteiger partial charge in [0.1, 0.15) is 5.58 Å². The molecule has 3 heterocycles. The van der Waals surface area contributed by atoms with Crippen LogP contribution in [0.15, 0.2) is 105 Å². The third-order valence-corrected chi connectivity index (χ3v) is 9.04. The number of para-hydroxylation sites is 1. The smallest absolute Gasteiger partial charge is 0.345 e. The molecule has 0 spiro atoms. The Bertz CT molecular complexity index is 1840. The molecule has 1 saturated carbocycles. The summed E-state index contributed by atoms with van der Waals surface area (Å²) in [5, 5.41) is 10.2. The van der Waals surface area contributed by atoms with Crippen molar-refractivity contribution in [1.29, 1.82) is 0 Å². The largest absolute Gasteiger partial charge is 0.422 e. The molecular formula is C32H23Cl2N3O2S. The van der Waals surface area contributed by atoms with Crippen LogP contribution in [0.3, 0.4) is 0 Å². The zero-order valence-corrected chi connectivity index (χ0v) is 23.6. The molecule has 0 saturated heterocycles. The minimum atomic E-state index is -0.377. The lowest BCUT2D eigenvalue weighted by atomic mass is 9.77. The van der Waals surface area contributed by atoms with Crippen LogP contribution in [0.5, 0.6) is 0 Å². The topological polar surface area (TPSA) is 58.7 Å². The molecule has 1 aliphatic carbocycles. The Morgan fingerprint density at radius 1 is 0.975 bits per heavy atom. The number of rotatable bonds is 4. The lowest BCUT2D eigenvalue weighted by Crippen LogP contribution is -2.28. The zero-order chi connectivity index (χ0) is 27.2. The van der Waals surface area contributed by atoms with Crippen LogP contribution in [0.25, 0.3) is 27.5 Å². The molecule has 7 rings (SSSR count). The second kappa shape index (κ2) is 10.4. The molecule has 5 nitrogen and oxygen atoms in total. The van der Waals surface area contributed by atoms with E-state index in [-0.39, 0.29) is 17.6 Å². The van der Waals surface area contributed by atoms with Gasteiger partial charge in [0, 0.05) is 27.5 Å². The first kappa shape index (κ1) is 25.3. The summed E-state index contributed by atoms with van der Waals surface area (Å²) < 4.78 is 5.59. The van der Waals surface area contributed by atoms with Crippen LogP contribution >= 0.6 is 34.5 Å². The van der Waals surface area contributed by atoms with Crippen molar-refractivity contribution in [3.05, 3.63) is 122 Å². The number of fused-ring (bicyclic) bond motifs is 2. The molecule has 0 radical (unpaired) electrons. The van der Waals surface area contributed by atoms with Gasteiger partial charge in [0.25, 0.3) is 0 Å². The maximum absolute atomic E-state index is 12.9. The van der Waals surface area contributed by atoms with Crippen LogP contribution < -0.4 is 10.6 Å². The Hall–Kier alpha value is -3.71. The highest BCUT2D eigenvalue weighted by atomic mass is 35.5. The van der Waals surface area contributed by atoms with Crippen molar-refractivity contribution >= 4 is 62.4 Å². The van der Waals surface area contributed by atoms with Crippen molar-refractivity contribution in [2.75, 3.05) is 5.01 Å². The van der Waals surface area contributed by atoms with E-state index in [1.165, 1.54) is 16.9 Å². The molecule has 2 aliphatic rings. The fourth-order valence-corrected chi connectivity index (χ4v) is 6.80. The number of hydrogen-bond donors (Lipinski definition) is 0. The monoisotopic (exact) mass is 583 g/mol. The highest BCUT2D eigenvalue weighted by Gasteiger charge is 2.43. The van der Waals surface area contributed by atoms with Gasteiger partial charge in [0.05, 0.1) is 22.2 Å². The van der Waals surface area contributed by atoms with Gasteiger partial charge in [-0.05, 0) is 78.4 Å². The first-order chi connectivity index (χ1) is 19.5. The molecule has 5 aromatic rings. The first-order valence-electron chi connectivity index (χ1n) is 13.1. The predicted octanol–water partition coefficient (Wildman–Crippen LogP) is 9.02. The number of benzene rings is 3. The fraction of sp³-hybridized carbons (Fsp3) is 0.156. The van der Waals surface area contributed by atoms with Crippen LogP contribution in [-0.4, -0.2) is 10.7 Å². The number of allylic oxidation sites excluding steroid dienone is 1. The van der Waals surface area contributed by atoms with Crippen molar-refractivity contribution in [3.63, 3.8) is 0 Å². The molecule has 3 aromatic carbocycles. The Balaban J connectivity index is 1.31. The normalized spacial score (nSPS) is 19.7. The molecule has 1 aliphatic heterocycles. The second-order valence-electron chi connectivity index (χ2n) is 10.0. The van der Waals surface area contributed by atoms with Gasteiger partial charge < -0.3 is 4.42 Å². The Morgan fingerprint density at radius 2 is 1.73 bits per heavy atom. The van der Waals surface area contributed by atoms with Gasteiger partial charge in [-0.1, -0.05) is 77.0 Å². The van der Waals surface area contributed by atoms with Crippen LogP contribution in [0.2, 0.25) is 10.0 Å². The maximum atomic E-state index is 12.9. The summed E-state index contributed by atoms with van der Waals surface area (Å²) in [7, 11) is 0. The predicted molar refractivity (Wildman–Crippen MR) is 164 cm³/mol. The van der Waals surface area contributed by atoms with Crippen LogP contribution in [0.1, 0.15) is 36.4 Å². The molecule has 40 heavy (non-hydrogen) atoms. The van der Waals surface area contributed by atoms with E-state index < -0.39 is 0 Å². The van der Waals surface area contributed by atoms with E-state index in [1.54, 1.807) is 12.3 Å². The van der Waals surface area contributed by atoms with Crippen molar-refractivity contribution in [1.82, 2.24) is 4.98 Å². The number of aromatic nitrogens is 1. The van der Waals surface area contributed by atoms with E-state index in [2.05, 4.69) is 18.2 Å². The van der Waals surface area contributed by atoms with Crippen LogP contribution in [-0.2, 0) is 0 Å². The van der Waals surface area contributed by atoms with Crippen molar-refractivity contribution in [2.45, 2.75) is 25.3 Å². The summed E-state index contributed by atoms with van der Waals surface area (Å²) in [6.07, 6.45) is 7.01. The first-order valence-corrected chi connectivity index (χ1v) is 14.7. The molecule has 1 fully saturated rings. The molecule has 0 bridgehead atoms. The van der Waals surface area contributed by atoms with Crippen LogP contribution in [0.4, 0.5) is 5.13 Å². The summed E-state index contributed by atoms with van der Waals surface area (Å²) >= 11 is 13.8. The average Bonchev–Trinajstić information content (AvgIpc) is 3.60. The van der Waals surface area contributed by atoms with Crippen LogP contribution in [0, 0.1) is 5.92 Å². The molecule has 0 N–H and O–H groups in total. The summed E-state index contributed by atoms with van der Waals surface area (Å²) in [5.41, 5.74) is 5.23. The minimum Gasteiger partial charge on any atom is -0.422 e. The Kier molecular flexibility index (Phi) is 6.54. The van der Waals surface area contributed by atoms with Gasteiger partial charge in [-0.15, -0.1) is 0 Å². The van der Waals surface area contributed by atoms with Crippen molar-refractivity contribution in [2.24, 2.45) is 11.0 Å². The van der Waals surface area contributed by atoms with Gasteiger partial charge in [0.2, 0.25) is 5.13 Å². The van der Waals surface area contributed by atoms with E-state index in [0.717, 1.165) is 56.5 Å². The third kappa shape index (κ3) is 4.66. The van der Waals surface area contributed by atoms with Gasteiger partial charge in [-0.3, -0.25) is 0 Å². The molecule has 0 unspecified atom stereocenters. The standard InChI is InChI=1S/C32H23Cl2N3O2S/c33-23-12-8-19(9-13-23)16-22-5-3-6-25-29(22)36-37(30(25)20-10-14-24(34)15-11-20)32-35-18-28(40-32)26-17-21-4-1-2-7-27(21)39-31(26)38/h1-2,4,7-18,25,30H,3,5-6H2/t25-,30-/m0/s1. The number of hydrogen-bond acceptors (Lipinski definition) is 6. The maximum Gasteiger partial charge on any atom is 0.345 e. The van der Waals surface area contributed by atoms with Crippen molar-refractivity contribution < 1.29 is 4.42 Å². The number of hydrazone groups is 1. The SMILES string of the molecule is O=c1oc2ccccc2cc1-c1cnc(N2N=C3C(=Cc4ccc(Cl)cc4)CCC[C@@H]3[C@@H]2c2ccc(Cl)cc2)s1. The summed E-state index contributed by atoms with van der Waals surface area (Å²) in [4.78, 5) is 18.4. The lowest BCUT2D eigenvalue weighted by molar-refractivity contribution is 0.487. The molecule has 198 valence electrons. The molecule has 8 heteroatoms. The van der Waals surface area contributed by atoms with Gasteiger partial charge in [-0.2, -0.15) is 5.10 Å². The summed E-state index contributed by atoms with van der Waals surface area (Å²) in [6.45, 7) is 0. The van der Waals surface area contributed by atoms with E-state index >= 15 is 0 Å². The number of thiazole rings is 1. The van der Waals surface area contributed by atoms with Gasteiger partial charge in [0.15, 0.2) is 0 Å². The molecule has 2 aromatic heterocycles. The Morgan fingerprint density at radius 3 is 2.52 bits per heavy atom. The average molecular weight is 585 g/mol. The van der Waals surface area contributed by atoms with E-state index in [4.69, 9.17) is 37.7 Å². The summed E-state index contributed by atoms with van der Waals surface area (Å²) in [5.74, 6) is 0.201. The number of halogens is 2. The lowest BCUT2D eigenvalue weighted by Gasteiger charge is -2.29. The highest BCUT2D eigenvalue weighted by molar-refractivity contribution is 7.18. The quantitative estimate of drug-likeness (QED) is 0.198. The molecule has 2 atom stereocenters. The zero-order valence-electron chi connectivity index (χ0n) is 21.3. The number of nitrogens with zero attached hydrogens (tertiary/aromatic N) is 3. The van der Waals surface area contributed by atoms with E-state index in [0.29, 0.717) is 16.2 Å². The highest BCUT2D eigenvalue weighted by Crippen LogP contribution is 2.47. The molecular weight excluding hydrogens is 561 g/mol.